The summed E-state index contributed by atoms with van der Waals surface area (Å²) in [5.74, 6) is -0.574. The molecule has 1 fully saturated rings. The van der Waals surface area contributed by atoms with Gasteiger partial charge in [-0.15, -0.1) is 5.10 Å². The summed E-state index contributed by atoms with van der Waals surface area (Å²) in [6.45, 7) is 6.22. The SMILES string of the molecule is CCCN1CCN(S(=O)(=O)c2cnn(C)n2)C[C@H]1c1cc2cnn(-c3ccc(F)c(C#N)c3)c2cc1C. The lowest BCUT2D eigenvalue weighted by atomic mass is 9.96. The zero-order valence-corrected chi connectivity index (χ0v) is 21.7. The molecule has 1 aliphatic rings. The first-order valence-electron chi connectivity index (χ1n) is 12.0. The van der Waals surface area contributed by atoms with Gasteiger partial charge in [0.2, 0.25) is 5.03 Å². The fourth-order valence-electron chi connectivity index (χ4n) is 4.93. The highest BCUT2D eigenvalue weighted by atomic mass is 32.2. The molecule has 0 radical (unpaired) electrons. The number of fused-ring (bicyclic) bond motifs is 1. The Morgan fingerprint density at radius 3 is 2.68 bits per heavy atom. The first-order valence-corrected chi connectivity index (χ1v) is 13.5. The molecule has 12 heteroatoms. The number of benzene rings is 2. The maximum atomic E-state index is 13.9. The van der Waals surface area contributed by atoms with Gasteiger partial charge in [-0.05, 0) is 61.3 Å². The molecule has 2 aromatic heterocycles. The van der Waals surface area contributed by atoms with Crippen molar-refractivity contribution in [3.8, 4) is 11.8 Å². The Balaban J connectivity index is 1.53. The van der Waals surface area contributed by atoms with Gasteiger partial charge < -0.3 is 0 Å². The van der Waals surface area contributed by atoms with Crippen LogP contribution >= 0.6 is 0 Å². The largest absolute Gasteiger partial charge is 0.294 e. The second-order valence-electron chi connectivity index (χ2n) is 9.19. The van der Waals surface area contributed by atoms with Crippen molar-refractivity contribution in [1.29, 1.82) is 5.26 Å². The molecule has 0 spiro atoms. The van der Waals surface area contributed by atoms with Crippen molar-refractivity contribution < 1.29 is 12.8 Å². The van der Waals surface area contributed by atoms with E-state index in [-0.39, 0.29) is 16.6 Å². The van der Waals surface area contributed by atoms with Gasteiger partial charge in [0.25, 0.3) is 10.0 Å². The van der Waals surface area contributed by atoms with Gasteiger partial charge in [-0.1, -0.05) is 6.92 Å². The number of piperazine rings is 1. The molecule has 0 unspecified atom stereocenters. The number of aryl methyl sites for hydroxylation is 2. The van der Waals surface area contributed by atoms with E-state index in [4.69, 9.17) is 0 Å². The molecular formula is C25H27FN8O2S. The van der Waals surface area contributed by atoms with Crippen molar-refractivity contribution in [3.63, 3.8) is 0 Å². The standard InChI is InChI=1S/C25H27FN8O2S/c1-4-7-32-8-9-33(37(35,36)25-15-28-31(3)30-25)16-24(32)21-12-19-14-29-34(23(19)10-17(21)2)20-5-6-22(26)18(11-20)13-27/h5-6,10-12,14-15,24H,4,7-9,16H2,1-3H3/t24-/m0/s1. The van der Waals surface area contributed by atoms with Crippen molar-refractivity contribution in [3.05, 3.63) is 65.2 Å². The Bertz CT molecular complexity index is 1620. The molecule has 1 atom stereocenters. The predicted octanol–water partition coefficient (Wildman–Crippen LogP) is 2.93. The average molecular weight is 523 g/mol. The number of sulfonamides is 1. The molecule has 1 aliphatic heterocycles. The number of hydrogen-bond acceptors (Lipinski definition) is 7. The van der Waals surface area contributed by atoms with Crippen LogP contribution in [0.5, 0.6) is 0 Å². The van der Waals surface area contributed by atoms with Gasteiger partial charge in [-0.25, -0.2) is 17.5 Å². The summed E-state index contributed by atoms with van der Waals surface area (Å²) in [6.07, 6.45) is 3.95. The zero-order valence-electron chi connectivity index (χ0n) is 20.8. The fraction of sp³-hybridized carbons (Fsp3) is 0.360. The first kappa shape index (κ1) is 25.0. The number of aromatic nitrogens is 5. The van der Waals surface area contributed by atoms with Crippen LogP contribution in [0.1, 0.15) is 36.1 Å². The highest BCUT2D eigenvalue weighted by Gasteiger charge is 2.36. The second-order valence-corrected chi connectivity index (χ2v) is 11.1. The molecule has 3 heterocycles. The third-order valence-corrected chi connectivity index (χ3v) is 8.50. The van der Waals surface area contributed by atoms with Crippen molar-refractivity contribution in [1.82, 2.24) is 34.0 Å². The maximum absolute atomic E-state index is 13.9. The quantitative estimate of drug-likeness (QED) is 0.383. The molecule has 192 valence electrons. The number of hydrogen-bond donors (Lipinski definition) is 0. The Morgan fingerprint density at radius 2 is 1.97 bits per heavy atom. The van der Waals surface area contributed by atoms with Crippen LogP contribution in [0.4, 0.5) is 4.39 Å². The summed E-state index contributed by atoms with van der Waals surface area (Å²) in [5.41, 5.74) is 3.37. The number of nitrogens with zero attached hydrogens (tertiary/aromatic N) is 8. The zero-order chi connectivity index (χ0) is 26.3. The van der Waals surface area contributed by atoms with Gasteiger partial charge in [-0.2, -0.15) is 24.6 Å². The molecule has 5 rings (SSSR count). The van der Waals surface area contributed by atoms with Gasteiger partial charge in [0.05, 0.1) is 29.2 Å². The van der Waals surface area contributed by atoms with Crippen LogP contribution < -0.4 is 0 Å². The van der Waals surface area contributed by atoms with Crippen LogP contribution in [0, 0.1) is 24.1 Å². The smallest absolute Gasteiger partial charge is 0.264 e. The topological polar surface area (TPSA) is 113 Å². The number of halogens is 1. The molecule has 10 nitrogen and oxygen atoms in total. The highest BCUT2D eigenvalue weighted by Crippen LogP contribution is 2.33. The van der Waals surface area contributed by atoms with E-state index in [1.165, 1.54) is 27.4 Å². The van der Waals surface area contributed by atoms with E-state index in [0.29, 0.717) is 25.3 Å². The van der Waals surface area contributed by atoms with Gasteiger partial charge in [0.15, 0.2) is 0 Å². The van der Waals surface area contributed by atoms with Crippen LogP contribution in [0.2, 0.25) is 0 Å². The Kier molecular flexibility index (Phi) is 6.53. The summed E-state index contributed by atoms with van der Waals surface area (Å²) >= 11 is 0. The first-order chi connectivity index (χ1) is 17.7. The van der Waals surface area contributed by atoms with E-state index in [1.807, 2.05) is 19.1 Å². The van der Waals surface area contributed by atoms with Crippen LogP contribution in [0.15, 0.2) is 47.8 Å². The number of rotatable bonds is 6. The Hall–Kier alpha value is -3.66. The van der Waals surface area contributed by atoms with Gasteiger partial charge >= 0.3 is 0 Å². The van der Waals surface area contributed by atoms with Crippen LogP contribution in [-0.2, 0) is 17.1 Å². The molecule has 0 N–H and O–H groups in total. The fourth-order valence-corrected chi connectivity index (χ4v) is 6.26. The minimum absolute atomic E-state index is 0.0451. The maximum Gasteiger partial charge on any atom is 0.264 e. The summed E-state index contributed by atoms with van der Waals surface area (Å²) in [5, 5.41) is 22.5. The molecule has 2 aromatic carbocycles. The van der Waals surface area contributed by atoms with Crippen molar-refractivity contribution in [2.45, 2.75) is 31.3 Å². The Labute approximate surface area is 214 Å². The molecule has 4 aromatic rings. The second kappa shape index (κ2) is 9.66. The summed E-state index contributed by atoms with van der Waals surface area (Å²) in [7, 11) is -2.19. The number of nitriles is 1. The van der Waals surface area contributed by atoms with Gasteiger partial charge in [-0.3, -0.25) is 4.90 Å². The normalized spacial score (nSPS) is 17.3. The molecule has 0 aliphatic carbocycles. The van der Waals surface area contributed by atoms with Crippen molar-refractivity contribution in [2.75, 3.05) is 26.2 Å². The van der Waals surface area contributed by atoms with Crippen molar-refractivity contribution >= 4 is 20.9 Å². The van der Waals surface area contributed by atoms with E-state index < -0.39 is 15.8 Å². The summed E-state index contributed by atoms with van der Waals surface area (Å²) < 4.78 is 43.6. The van der Waals surface area contributed by atoms with Gasteiger partial charge in [0.1, 0.15) is 11.9 Å². The van der Waals surface area contributed by atoms with Crippen molar-refractivity contribution in [2.24, 2.45) is 7.05 Å². The van der Waals surface area contributed by atoms with Crippen LogP contribution in [0.3, 0.4) is 0 Å². The minimum Gasteiger partial charge on any atom is -0.294 e. The van der Waals surface area contributed by atoms with E-state index in [0.717, 1.165) is 35.0 Å². The summed E-state index contributed by atoms with van der Waals surface area (Å²) in [6, 6.07) is 10.1. The Morgan fingerprint density at radius 1 is 1.16 bits per heavy atom. The van der Waals surface area contributed by atoms with Crippen LogP contribution in [-0.4, -0.2) is 68.6 Å². The molecular weight excluding hydrogens is 495 g/mol. The third kappa shape index (κ3) is 4.50. The monoisotopic (exact) mass is 522 g/mol. The predicted molar refractivity (Wildman–Crippen MR) is 135 cm³/mol. The lowest BCUT2D eigenvalue weighted by Crippen LogP contribution is -2.50. The molecule has 37 heavy (non-hydrogen) atoms. The molecule has 0 bridgehead atoms. The van der Waals surface area contributed by atoms with E-state index in [9.17, 15) is 18.1 Å². The van der Waals surface area contributed by atoms with Gasteiger partial charge in [0, 0.05) is 38.1 Å². The van der Waals surface area contributed by atoms with Crippen LogP contribution in [0.25, 0.3) is 16.6 Å². The third-order valence-electron chi connectivity index (χ3n) is 6.78. The molecule has 0 amide bonds. The van der Waals surface area contributed by atoms with E-state index in [1.54, 1.807) is 24.0 Å². The molecule has 0 saturated carbocycles. The summed E-state index contributed by atoms with van der Waals surface area (Å²) in [4.78, 5) is 3.56. The van der Waals surface area contributed by atoms with E-state index >= 15 is 0 Å². The lowest BCUT2D eigenvalue weighted by Gasteiger charge is -2.41. The molecule has 1 saturated heterocycles. The minimum atomic E-state index is -3.78. The highest BCUT2D eigenvalue weighted by molar-refractivity contribution is 7.89. The average Bonchev–Trinajstić information content (AvgIpc) is 3.50. The lowest BCUT2D eigenvalue weighted by molar-refractivity contribution is 0.118. The van der Waals surface area contributed by atoms with E-state index in [2.05, 4.69) is 33.2 Å².